The van der Waals surface area contributed by atoms with E-state index in [0.717, 1.165) is 23.3 Å². The van der Waals surface area contributed by atoms with Crippen molar-refractivity contribution in [2.45, 2.75) is 36.7 Å². The molecule has 116 valence electrons. The molecule has 1 N–H and O–H groups in total. The lowest BCUT2D eigenvalue weighted by Gasteiger charge is -2.39. The quantitative estimate of drug-likeness (QED) is 0.822. The Bertz CT molecular complexity index is 487. The lowest BCUT2D eigenvalue weighted by Crippen LogP contribution is -2.44. The highest BCUT2D eigenvalue weighted by atomic mass is 32.2. The first kappa shape index (κ1) is 16.4. The van der Waals surface area contributed by atoms with Gasteiger partial charge >= 0.3 is 0 Å². The smallest absolute Gasteiger partial charge is 0.0835 e. The van der Waals surface area contributed by atoms with Crippen molar-refractivity contribution in [2.24, 2.45) is 5.92 Å². The molecule has 1 heterocycles. The summed E-state index contributed by atoms with van der Waals surface area (Å²) in [5.41, 5.74) is 0.764. The van der Waals surface area contributed by atoms with Crippen molar-refractivity contribution in [2.75, 3.05) is 19.0 Å². The first-order valence-corrected chi connectivity index (χ1v) is 8.71. The van der Waals surface area contributed by atoms with Gasteiger partial charge in [0.2, 0.25) is 0 Å². The third-order valence-corrected chi connectivity index (χ3v) is 5.67. The normalized spacial score (nSPS) is 27.2. The van der Waals surface area contributed by atoms with Gasteiger partial charge in [0.05, 0.1) is 28.8 Å². The fourth-order valence-corrected chi connectivity index (χ4v) is 4.10. The van der Waals surface area contributed by atoms with Gasteiger partial charge in [-0.25, -0.2) is 0 Å². The molecule has 1 aliphatic rings. The molecule has 0 bridgehead atoms. The number of rotatable bonds is 6. The number of aryl methyl sites for hydroxylation is 1. The molecule has 0 aromatic heterocycles. The van der Waals surface area contributed by atoms with Crippen molar-refractivity contribution in [1.82, 2.24) is 0 Å². The minimum absolute atomic E-state index is 0.158. The van der Waals surface area contributed by atoms with Gasteiger partial charge < -0.3 is 9.84 Å². The van der Waals surface area contributed by atoms with E-state index in [2.05, 4.69) is 6.58 Å². The molecule has 1 aromatic rings. The molecule has 0 saturated carbocycles. The van der Waals surface area contributed by atoms with Gasteiger partial charge in [0, 0.05) is 17.4 Å². The molecule has 1 fully saturated rings. The number of aliphatic hydroxyl groups is 1. The molecule has 1 aliphatic heterocycles. The predicted molar refractivity (Wildman–Crippen MR) is 85.8 cm³/mol. The molecular formula is C17H24O3S. The average molecular weight is 308 g/mol. The molecule has 0 spiro atoms. The second-order valence-electron chi connectivity index (χ2n) is 5.88. The highest BCUT2D eigenvalue weighted by Crippen LogP contribution is 2.33. The number of aliphatic hydroxyl groups excluding tert-OH is 1. The maximum atomic E-state index is 12.6. The second kappa shape index (κ2) is 7.34. The first-order valence-electron chi connectivity index (χ1n) is 7.39. The van der Waals surface area contributed by atoms with Gasteiger partial charge in [-0.2, -0.15) is 0 Å². The minimum Gasteiger partial charge on any atom is -0.396 e. The molecular weight excluding hydrogens is 284 g/mol. The first-order chi connectivity index (χ1) is 10.1. The van der Waals surface area contributed by atoms with Crippen molar-refractivity contribution < 1.29 is 14.1 Å². The van der Waals surface area contributed by atoms with Crippen LogP contribution >= 0.6 is 0 Å². The van der Waals surface area contributed by atoms with E-state index < -0.39 is 16.4 Å². The van der Waals surface area contributed by atoms with E-state index in [1.165, 1.54) is 0 Å². The standard InChI is InChI=1S/C17H24O3S/c1-3-9-17(10-8-15(11-18)12-20-17)13-21(19)16-6-4-14(2)5-7-16/h3-7,15,18H,1,8-13H2,2H3/t15-,17+,21?/m1/s1. The summed E-state index contributed by atoms with van der Waals surface area (Å²) in [7, 11) is -1.08. The van der Waals surface area contributed by atoms with E-state index in [0.29, 0.717) is 18.8 Å². The van der Waals surface area contributed by atoms with E-state index in [1.54, 1.807) is 0 Å². The molecule has 0 aliphatic carbocycles. The Hall–Kier alpha value is -0.970. The molecule has 3 atom stereocenters. The lowest BCUT2D eigenvalue weighted by atomic mass is 9.88. The average Bonchev–Trinajstić information content (AvgIpc) is 2.49. The van der Waals surface area contributed by atoms with Crippen LogP contribution in [0.25, 0.3) is 0 Å². The fourth-order valence-electron chi connectivity index (χ4n) is 2.67. The van der Waals surface area contributed by atoms with Crippen LogP contribution in [0.2, 0.25) is 0 Å². The van der Waals surface area contributed by atoms with Crippen LogP contribution in [0.5, 0.6) is 0 Å². The van der Waals surface area contributed by atoms with E-state index in [1.807, 2.05) is 37.3 Å². The Labute approximate surface area is 129 Å². The SMILES string of the molecule is C=CC[C@@]1(CS(=O)c2ccc(C)cc2)CC[C@H](CO)CO1. The summed E-state index contributed by atoms with van der Waals surface area (Å²) in [4.78, 5) is 0.844. The van der Waals surface area contributed by atoms with E-state index in [-0.39, 0.29) is 12.5 Å². The summed E-state index contributed by atoms with van der Waals surface area (Å²) in [6, 6.07) is 7.81. The Kier molecular flexibility index (Phi) is 5.73. The largest absolute Gasteiger partial charge is 0.396 e. The number of benzene rings is 1. The summed E-state index contributed by atoms with van der Waals surface area (Å²) in [6.07, 6.45) is 4.27. The van der Waals surface area contributed by atoms with Crippen LogP contribution in [0, 0.1) is 12.8 Å². The second-order valence-corrected chi connectivity index (χ2v) is 7.33. The summed E-state index contributed by atoms with van der Waals surface area (Å²) in [6.45, 7) is 6.52. The molecule has 0 amide bonds. The molecule has 21 heavy (non-hydrogen) atoms. The van der Waals surface area contributed by atoms with Crippen LogP contribution < -0.4 is 0 Å². The van der Waals surface area contributed by atoms with Gasteiger partial charge in [-0.15, -0.1) is 6.58 Å². The minimum atomic E-state index is -1.08. The van der Waals surface area contributed by atoms with Gasteiger partial charge in [0.15, 0.2) is 0 Å². The lowest BCUT2D eigenvalue weighted by molar-refractivity contribution is -0.0919. The predicted octanol–water partition coefficient (Wildman–Crippen LogP) is 2.84. The molecule has 3 nitrogen and oxygen atoms in total. The third kappa shape index (κ3) is 4.25. The summed E-state index contributed by atoms with van der Waals surface area (Å²) in [5.74, 6) is 0.691. The maximum Gasteiger partial charge on any atom is 0.0835 e. The molecule has 1 unspecified atom stereocenters. The molecule has 2 rings (SSSR count). The van der Waals surface area contributed by atoms with E-state index in [9.17, 15) is 9.32 Å². The molecule has 0 radical (unpaired) electrons. The summed E-state index contributed by atoms with van der Waals surface area (Å²) in [5, 5.41) is 9.22. The van der Waals surface area contributed by atoms with Crippen molar-refractivity contribution >= 4 is 10.8 Å². The number of ether oxygens (including phenoxy) is 1. The van der Waals surface area contributed by atoms with Crippen LogP contribution in [-0.4, -0.2) is 33.9 Å². The van der Waals surface area contributed by atoms with Crippen LogP contribution in [0.3, 0.4) is 0 Å². The van der Waals surface area contributed by atoms with Gasteiger partial charge in [0.1, 0.15) is 0 Å². The number of hydrogen-bond donors (Lipinski definition) is 1. The highest BCUT2D eigenvalue weighted by Gasteiger charge is 2.37. The zero-order valence-corrected chi connectivity index (χ0v) is 13.4. The van der Waals surface area contributed by atoms with Crippen molar-refractivity contribution in [3.8, 4) is 0 Å². The molecule has 4 heteroatoms. The fraction of sp³-hybridized carbons (Fsp3) is 0.529. The summed E-state index contributed by atoms with van der Waals surface area (Å²) < 4.78 is 18.6. The maximum absolute atomic E-state index is 12.6. The Balaban J connectivity index is 2.07. The van der Waals surface area contributed by atoms with Crippen LogP contribution in [0.4, 0.5) is 0 Å². The Morgan fingerprint density at radius 3 is 2.71 bits per heavy atom. The Morgan fingerprint density at radius 2 is 2.19 bits per heavy atom. The van der Waals surface area contributed by atoms with Crippen molar-refractivity contribution in [3.63, 3.8) is 0 Å². The summed E-state index contributed by atoms with van der Waals surface area (Å²) >= 11 is 0. The topological polar surface area (TPSA) is 46.5 Å². The zero-order valence-electron chi connectivity index (χ0n) is 12.6. The van der Waals surface area contributed by atoms with Crippen molar-refractivity contribution in [3.05, 3.63) is 42.5 Å². The monoisotopic (exact) mass is 308 g/mol. The molecule has 1 saturated heterocycles. The van der Waals surface area contributed by atoms with E-state index >= 15 is 0 Å². The Morgan fingerprint density at radius 1 is 1.48 bits per heavy atom. The van der Waals surface area contributed by atoms with Crippen LogP contribution in [-0.2, 0) is 15.5 Å². The number of hydrogen-bond acceptors (Lipinski definition) is 3. The van der Waals surface area contributed by atoms with Crippen LogP contribution in [0.1, 0.15) is 24.8 Å². The van der Waals surface area contributed by atoms with Gasteiger partial charge in [-0.05, 0) is 38.3 Å². The van der Waals surface area contributed by atoms with Gasteiger partial charge in [-0.3, -0.25) is 4.21 Å². The van der Waals surface area contributed by atoms with Crippen LogP contribution in [0.15, 0.2) is 41.8 Å². The third-order valence-electron chi connectivity index (χ3n) is 4.09. The highest BCUT2D eigenvalue weighted by molar-refractivity contribution is 7.85. The van der Waals surface area contributed by atoms with E-state index in [4.69, 9.17) is 4.74 Å². The zero-order chi connectivity index (χ0) is 15.3. The molecule has 1 aromatic carbocycles. The van der Waals surface area contributed by atoms with Gasteiger partial charge in [0.25, 0.3) is 0 Å². The van der Waals surface area contributed by atoms with Crippen molar-refractivity contribution in [1.29, 1.82) is 0 Å². The van der Waals surface area contributed by atoms with Gasteiger partial charge in [-0.1, -0.05) is 23.8 Å².